The number of thiazole rings is 1. The molecule has 0 amide bonds. The van der Waals surface area contributed by atoms with E-state index in [4.69, 9.17) is 11.6 Å². The monoisotopic (exact) mass is 396 g/mol. The Balaban J connectivity index is 1.73. The summed E-state index contributed by atoms with van der Waals surface area (Å²) < 4.78 is 30.1. The Hall–Kier alpha value is -1.61. The molecule has 4 rings (SSSR count). The normalized spacial score (nSPS) is 15.4. The van der Waals surface area contributed by atoms with Crippen LogP contribution in [-0.4, -0.2) is 35.8 Å². The predicted molar refractivity (Wildman–Crippen MR) is 100.0 cm³/mol. The molecule has 25 heavy (non-hydrogen) atoms. The molecule has 3 heterocycles. The van der Waals surface area contributed by atoms with Crippen LogP contribution in [0.1, 0.15) is 18.1 Å². The highest BCUT2D eigenvalue weighted by Crippen LogP contribution is 2.31. The zero-order chi connectivity index (χ0) is 17.6. The van der Waals surface area contributed by atoms with Crippen molar-refractivity contribution in [3.05, 3.63) is 46.1 Å². The third kappa shape index (κ3) is 2.93. The molecule has 132 valence electrons. The molecule has 0 spiro atoms. The quantitative estimate of drug-likeness (QED) is 0.735. The average Bonchev–Trinajstić information content (AvgIpc) is 3.13. The van der Waals surface area contributed by atoms with E-state index in [1.165, 1.54) is 15.7 Å². The van der Waals surface area contributed by atoms with Gasteiger partial charge in [0.15, 0.2) is 15.1 Å². The van der Waals surface area contributed by atoms with Crippen molar-refractivity contribution in [3.63, 3.8) is 0 Å². The summed E-state index contributed by atoms with van der Waals surface area (Å²) in [5.74, 6) is 0. The number of rotatable bonds is 4. The van der Waals surface area contributed by atoms with Crippen LogP contribution in [0, 0.1) is 0 Å². The molecule has 1 aliphatic heterocycles. The molecule has 0 aliphatic carbocycles. The molecular weight excluding hydrogens is 380 g/mol. The lowest BCUT2D eigenvalue weighted by atomic mass is 9.98. The molecule has 1 aliphatic rings. The van der Waals surface area contributed by atoms with Gasteiger partial charge in [-0.2, -0.15) is 8.42 Å². The van der Waals surface area contributed by atoms with Gasteiger partial charge < -0.3 is 0 Å². The number of nitrogens with zero attached hydrogens (tertiary/aromatic N) is 3. The highest BCUT2D eigenvalue weighted by Gasteiger charge is 2.27. The maximum absolute atomic E-state index is 12.9. The van der Waals surface area contributed by atoms with Crippen LogP contribution < -0.4 is 4.72 Å². The number of imidazole rings is 1. The Bertz CT molecular complexity index is 1040. The summed E-state index contributed by atoms with van der Waals surface area (Å²) in [6, 6.07) is 5.74. The zero-order valence-corrected chi connectivity index (χ0v) is 16.0. The summed E-state index contributed by atoms with van der Waals surface area (Å²) in [6.45, 7) is 4.87. The molecule has 6 nitrogen and oxygen atoms in total. The van der Waals surface area contributed by atoms with Crippen molar-refractivity contribution >= 4 is 43.6 Å². The number of likely N-dealkylation sites (N-methyl/N-ethyl adjacent to an activating group) is 1. The van der Waals surface area contributed by atoms with Gasteiger partial charge in [-0.3, -0.25) is 14.0 Å². The van der Waals surface area contributed by atoms with Gasteiger partial charge in [0.2, 0.25) is 0 Å². The van der Waals surface area contributed by atoms with Crippen LogP contribution >= 0.6 is 22.9 Å². The fourth-order valence-corrected chi connectivity index (χ4v) is 5.75. The topological polar surface area (TPSA) is 66.7 Å². The molecular formula is C16H17ClN4O2S2. The van der Waals surface area contributed by atoms with E-state index in [9.17, 15) is 8.42 Å². The number of benzene rings is 1. The van der Waals surface area contributed by atoms with Gasteiger partial charge in [0.1, 0.15) is 0 Å². The van der Waals surface area contributed by atoms with E-state index in [0.29, 0.717) is 10.6 Å². The molecule has 0 bridgehead atoms. The van der Waals surface area contributed by atoms with Gasteiger partial charge in [0.25, 0.3) is 10.0 Å². The fourth-order valence-electron chi connectivity index (χ4n) is 3.21. The smallest absolute Gasteiger partial charge is 0.281 e. The molecule has 0 fully saturated rings. The summed E-state index contributed by atoms with van der Waals surface area (Å²) in [5.41, 5.74) is 2.83. The second kappa shape index (κ2) is 6.28. The van der Waals surface area contributed by atoms with Crippen LogP contribution in [0.3, 0.4) is 0 Å². The molecule has 0 saturated carbocycles. The minimum Gasteiger partial charge on any atom is -0.299 e. The Morgan fingerprint density at radius 3 is 3.04 bits per heavy atom. The second-order valence-electron chi connectivity index (χ2n) is 5.93. The van der Waals surface area contributed by atoms with Crippen LogP contribution in [0.2, 0.25) is 5.15 Å². The first kappa shape index (κ1) is 16.8. The van der Waals surface area contributed by atoms with Gasteiger partial charge >= 0.3 is 0 Å². The Labute approximate surface area is 155 Å². The predicted octanol–water partition coefficient (Wildman–Crippen LogP) is 3.23. The van der Waals surface area contributed by atoms with E-state index in [0.717, 1.165) is 37.2 Å². The number of hydrogen-bond acceptors (Lipinski definition) is 5. The number of sulfonamides is 1. The van der Waals surface area contributed by atoms with Gasteiger partial charge in [-0.25, -0.2) is 4.98 Å². The molecule has 0 saturated heterocycles. The molecule has 2 aromatic heterocycles. The number of hydrogen-bond donors (Lipinski definition) is 1. The average molecular weight is 397 g/mol. The summed E-state index contributed by atoms with van der Waals surface area (Å²) in [5, 5.41) is 1.75. The standard InChI is InChI=1S/C16H17ClN4O2S2/c1-2-20-7-6-12-11(10-20)4-3-5-13(12)19-25(22,23)15-14(17)18-16-21(15)8-9-24-16/h3-5,8-9,19H,2,6-7,10H2,1H3. The maximum atomic E-state index is 12.9. The summed E-state index contributed by atoms with van der Waals surface area (Å²) in [4.78, 5) is 7.00. The van der Waals surface area contributed by atoms with Crippen molar-refractivity contribution in [1.82, 2.24) is 14.3 Å². The van der Waals surface area contributed by atoms with E-state index in [-0.39, 0.29) is 10.2 Å². The number of nitrogens with one attached hydrogen (secondary N) is 1. The highest BCUT2D eigenvalue weighted by atomic mass is 35.5. The van der Waals surface area contributed by atoms with Gasteiger partial charge in [-0.15, -0.1) is 11.3 Å². The molecule has 1 N–H and O–H groups in total. The van der Waals surface area contributed by atoms with Crippen molar-refractivity contribution in [2.24, 2.45) is 0 Å². The lowest BCUT2D eigenvalue weighted by Crippen LogP contribution is -2.31. The SMILES string of the molecule is CCN1CCc2c(cccc2NS(=O)(=O)c2c(Cl)nc3sccn23)C1. The maximum Gasteiger partial charge on any atom is 0.281 e. The van der Waals surface area contributed by atoms with E-state index in [2.05, 4.69) is 27.6 Å². The molecule has 0 atom stereocenters. The molecule has 3 aromatic rings. The number of aromatic nitrogens is 2. The van der Waals surface area contributed by atoms with Crippen LogP contribution in [-0.2, 0) is 23.0 Å². The van der Waals surface area contributed by atoms with E-state index in [1.54, 1.807) is 17.6 Å². The van der Waals surface area contributed by atoms with E-state index in [1.807, 2.05) is 6.07 Å². The highest BCUT2D eigenvalue weighted by molar-refractivity contribution is 7.92. The van der Waals surface area contributed by atoms with Gasteiger partial charge in [0, 0.05) is 24.7 Å². The summed E-state index contributed by atoms with van der Waals surface area (Å²) in [6.07, 6.45) is 2.48. The Morgan fingerprint density at radius 2 is 2.24 bits per heavy atom. The van der Waals surface area contributed by atoms with Crippen molar-refractivity contribution in [2.75, 3.05) is 17.8 Å². The summed E-state index contributed by atoms with van der Waals surface area (Å²) in [7, 11) is -3.84. The van der Waals surface area contributed by atoms with Crippen molar-refractivity contribution < 1.29 is 8.42 Å². The second-order valence-corrected chi connectivity index (χ2v) is 8.76. The first-order valence-electron chi connectivity index (χ1n) is 7.96. The van der Waals surface area contributed by atoms with E-state index < -0.39 is 10.0 Å². The van der Waals surface area contributed by atoms with Gasteiger partial charge in [0.05, 0.1) is 5.69 Å². The van der Waals surface area contributed by atoms with Crippen LogP contribution in [0.15, 0.2) is 34.8 Å². The number of halogens is 1. The Morgan fingerprint density at radius 1 is 1.40 bits per heavy atom. The third-order valence-electron chi connectivity index (χ3n) is 4.47. The minimum absolute atomic E-state index is 0.0127. The van der Waals surface area contributed by atoms with E-state index >= 15 is 0 Å². The largest absolute Gasteiger partial charge is 0.299 e. The van der Waals surface area contributed by atoms with Gasteiger partial charge in [-0.05, 0) is 30.2 Å². The van der Waals surface area contributed by atoms with Crippen LogP contribution in [0.4, 0.5) is 5.69 Å². The van der Waals surface area contributed by atoms with Crippen LogP contribution in [0.25, 0.3) is 4.96 Å². The van der Waals surface area contributed by atoms with Gasteiger partial charge in [-0.1, -0.05) is 30.7 Å². The Kier molecular flexibility index (Phi) is 4.23. The molecule has 0 unspecified atom stereocenters. The van der Waals surface area contributed by atoms with Crippen molar-refractivity contribution in [1.29, 1.82) is 0 Å². The first-order chi connectivity index (χ1) is 12.0. The minimum atomic E-state index is -3.84. The molecule has 1 aromatic carbocycles. The van der Waals surface area contributed by atoms with Crippen molar-refractivity contribution in [2.45, 2.75) is 24.9 Å². The van der Waals surface area contributed by atoms with Crippen LogP contribution in [0.5, 0.6) is 0 Å². The number of fused-ring (bicyclic) bond motifs is 2. The lowest BCUT2D eigenvalue weighted by Gasteiger charge is -2.29. The van der Waals surface area contributed by atoms with Crippen molar-refractivity contribution in [3.8, 4) is 0 Å². The summed E-state index contributed by atoms with van der Waals surface area (Å²) >= 11 is 7.43. The zero-order valence-electron chi connectivity index (χ0n) is 13.6. The molecule has 9 heteroatoms. The lowest BCUT2D eigenvalue weighted by molar-refractivity contribution is 0.268. The fraction of sp³-hybridized carbons (Fsp3) is 0.312. The third-order valence-corrected chi connectivity index (χ3v) is 6.99. The number of anilines is 1. The molecule has 0 radical (unpaired) electrons. The first-order valence-corrected chi connectivity index (χ1v) is 10.7.